The van der Waals surface area contributed by atoms with Crippen LogP contribution in [0, 0.1) is 13.8 Å². The second kappa shape index (κ2) is 5.56. The van der Waals surface area contributed by atoms with Crippen molar-refractivity contribution in [3.8, 4) is 11.5 Å². The zero-order valence-corrected chi connectivity index (χ0v) is 10.3. The zero-order valence-electron chi connectivity index (χ0n) is 10.3. The number of benzene rings is 1. The van der Waals surface area contributed by atoms with Gasteiger partial charge in [0.15, 0.2) is 11.5 Å². The van der Waals surface area contributed by atoms with Gasteiger partial charge in [-0.05, 0) is 31.0 Å². The Morgan fingerprint density at radius 2 is 1.94 bits per heavy atom. The van der Waals surface area contributed by atoms with Gasteiger partial charge in [-0.3, -0.25) is 0 Å². The molecule has 16 heavy (non-hydrogen) atoms. The third-order valence-electron chi connectivity index (χ3n) is 2.66. The maximum Gasteiger partial charge on any atom is 0.168 e. The van der Waals surface area contributed by atoms with Gasteiger partial charge in [-0.25, -0.2) is 0 Å². The van der Waals surface area contributed by atoms with E-state index in [4.69, 9.17) is 15.2 Å². The molecule has 1 aromatic carbocycles. The fraction of sp³-hybridized carbons (Fsp3) is 0.385. The molecule has 0 aliphatic rings. The summed E-state index contributed by atoms with van der Waals surface area (Å²) < 4.78 is 10.7. The SMILES string of the molecule is COc1cc(C)c(C)c(/C=C/CN)c1OC. The van der Waals surface area contributed by atoms with Crippen LogP contribution >= 0.6 is 0 Å². The molecule has 0 fully saturated rings. The molecule has 3 heteroatoms. The van der Waals surface area contributed by atoms with Gasteiger partial charge in [0.1, 0.15) is 0 Å². The van der Waals surface area contributed by atoms with Crippen molar-refractivity contribution in [2.45, 2.75) is 13.8 Å². The Hall–Kier alpha value is -1.48. The smallest absolute Gasteiger partial charge is 0.168 e. The predicted molar refractivity (Wildman–Crippen MR) is 67.1 cm³/mol. The molecule has 0 atom stereocenters. The van der Waals surface area contributed by atoms with Crippen LogP contribution in [0.25, 0.3) is 6.08 Å². The highest BCUT2D eigenvalue weighted by molar-refractivity contribution is 5.67. The minimum atomic E-state index is 0.513. The molecule has 0 saturated heterocycles. The molecule has 0 heterocycles. The van der Waals surface area contributed by atoms with Crippen LogP contribution in [0.4, 0.5) is 0 Å². The van der Waals surface area contributed by atoms with E-state index in [-0.39, 0.29) is 0 Å². The van der Waals surface area contributed by atoms with Gasteiger partial charge in [0.25, 0.3) is 0 Å². The fourth-order valence-electron chi connectivity index (χ4n) is 1.63. The van der Waals surface area contributed by atoms with Gasteiger partial charge in [0.2, 0.25) is 0 Å². The van der Waals surface area contributed by atoms with Gasteiger partial charge in [0.05, 0.1) is 14.2 Å². The van der Waals surface area contributed by atoms with E-state index in [1.54, 1.807) is 14.2 Å². The van der Waals surface area contributed by atoms with E-state index in [1.807, 2.05) is 18.2 Å². The molecule has 0 bridgehead atoms. The summed E-state index contributed by atoms with van der Waals surface area (Å²) >= 11 is 0. The highest BCUT2D eigenvalue weighted by Crippen LogP contribution is 2.36. The lowest BCUT2D eigenvalue weighted by atomic mass is 10.0. The molecule has 0 spiro atoms. The van der Waals surface area contributed by atoms with Crippen LogP contribution < -0.4 is 15.2 Å². The summed E-state index contributed by atoms with van der Waals surface area (Å²) in [6.07, 6.45) is 3.88. The lowest BCUT2D eigenvalue weighted by Gasteiger charge is -2.15. The van der Waals surface area contributed by atoms with E-state index in [9.17, 15) is 0 Å². The van der Waals surface area contributed by atoms with Crippen LogP contribution in [0.3, 0.4) is 0 Å². The van der Waals surface area contributed by atoms with Crippen LogP contribution in [0.1, 0.15) is 16.7 Å². The van der Waals surface area contributed by atoms with Crippen molar-refractivity contribution in [1.82, 2.24) is 0 Å². The van der Waals surface area contributed by atoms with E-state index in [1.165, 1.54) is 11.1 Å². The monoisotopic (exact) mass is 221 g/mol. The minimum absolute atomic E-state index is 0.513. The first-order valence-corrected chi connectivity index (χ1v) is 5.24. The maximum atomic E-state index is 5.47. The third kappa shape index (κ3) is 2.36. The summed E-state index contributed by atoms with van der Waals surface area (Å²) in [5, 5.41) is 0. The molecule has 0 aliphatic carbocycles. The first-order valence-electron chi connectivity index (χ1n) is 5.24. The second-order valence-electron chi connectivity index (χ2n) is 3.61. The predicted octanol–water partition coefficient (Wildman–Crippen LogP) is 2.29. The number of aryl methyl sites for hydroxylation is 1. The van der Waals surface area contributed by atoms with Crippen LogP contribution in [0.2, 0.25) is 0 Å². The second-order valence-corrected chi connectivity index (χ2v) is 3.61. The molecule has 0 saturated carbocycles. The highest BCUT2D eigenvalue weighted by atomic mass is 16.5. The molecule has 3 nitrogen and oxygen atoms in total. The lowest BCUT2D eigenvalue weighted by molar-refractivity contribution is 0.353. The molecular formula is C13H19NO2. The molecule has 0 aliphatic heterocycles. The van der Waals surface area contributed by atoms with Gasteiger partial charge < -0.3 is 15.2 Å². The summed E-state index contributed by atoms with van der Waals surface area (Å²) in [5.74, 6) is 1.51. The highest BCUT2D eigenvalue weighted by Gasteiger charge is 2.12. The quantitative estimate of drug-likeness (QED) is 0.848. The topological polar surface area (TPSA) is 44.5 Å². The van der Waals surface area contributed by atoms with E-state index in [2.05, 4.69) is 13.8 Å². The molecular weight excluding hydrogens is 202 g/mol. The summed E-state index contributed by atoms with van der Waals surface area (Å²) in [5.41, 5.74) is 8.86. The molecule has 0 unspecified atom stereocenters. The molecule has 1 aromatic rings. The van der Waals surface area contributed by atoms with E-state index < -0.39 is 0 Å². The Kier molecular flexibility index (Phi) is 4.38. The van der Waals surface area contributed by atoms with Gasteiger partial charge in [-0.15, -0.1) is 0 Å². The Morgan fingerprint density at radius 1 is 1.25 bits per heavy atom. The van der Waals surface area contributed by atoms with Crippen LogP contribution in [0.15, 0.2) is 12.1 Å². The number of hydrogen-bond acceptors (Lipinski definition) is 3. The summed E-state index contributed by atoms with van der Waals surface area (Å²) in [6, 6.07) is 1.98. The molecule has 0 radical (unpaired) electrons. The first kappa shape index (κ1) is 12.6. The summed E-state index contributed by atoms with van der Waals surface area (Å²) in [4.78, 5) is 0. The van der Waals surface area contributed by atoms with Crippen molar-refractivity contribution in [2.24, 2.45) is 5.73 Å². The average Bonchev–Trinajstić information content (AvgIpc) is 2.30. The van der Waals surface area contributed by atoms with Crippen LogP contribution in [-0.4, -0.2) is 20.8 Å². The Labute approximate surface area is 96.9 Å². The fourth-order valence-corrected chi connectivity index (χ4v) is 1.63. The minimum Gasteiger partial charge on any atom is -0.493 e. The number of hydrogen-bond donors (Lipinski definition) is 1. The third-order valence-corrected chi connectivity index (χ3v) is 2.66. The Balaban J connectivity index is 3.40. The number of rotatable bonds is 4. The van der Waals surface area contributed by atoms with E-state index in [0.717, 1.165) is 17.1 Å². The molecule has 1 rings (SSSR count). The molecule has 0 aromatic heterocycles. The lowest BCUT2D eigenvalue weighted by Crippen LogP contribution is -1.98. The summed E-state index contributed by atoms with van der Waals surface area (Å²) in [6.45, 7) is 4.63. The van der Waals surface area contributed by atoms with Gasteiger partial charge in [-0.2, -0.15) is 0 Å². The maximum absolute atomic E-state index is 5.47. The normalized spacial score (nSPS) is 10.8. The Morgan fingerprint density at radius 3 is 2.44 bits per heavy atom. The number of nitrogens with two attached hydrogens (primary N) is 1. The Bertz CT molecular complexity index is 397. The molecule has 0 amide bonds. The molecule has 88 valence electrons. The standard InChI is InChI=1S/C13H19NO2/c1-9-8-12(15-3)13(16-4)11(10(9)2)6-5-7-14/h5-6,8H,7,14H2,1-4H3/b6-5+. The van der Waals surface area contributed by atoms with E-state index in [0.29, 0.717) is 6.54 Å². The van der Waals surface area contributed by atoms with Crippen molar-refractivity contribution in [3.63, 3.8) is 0 Å². The number of ether oxygens (including phenoxy) is 2. The number of methoxy groups -OCH3 is 2. The van der Waals surface area contributed by atoms with E-state index >= 15 is 0 Å². The van der Waals surface area contributed by atoms with Crippen molar-refractivity contribution in [2.75, 3.05) is 20.8 Å². The van der Waals surface area contributed by atoms with Crippen molar-refractivity contribution in [1.29, 1.82) is 0 Å². The first-order chi connectivity index (χ1) is 7.65. The van der Waals surface area contributed by atoms with Crippen molar-refractivity contribution < 1.29 is 9.47 Å². The summed E-state index contributed by atoms with van der Waals surface area (Å²) in [7, 11) is 3.29. The van der Waals surface area contributed by atoms with Crippen molar-refractivity contribution >= 4 is 6.08 Å². The van der Waals surface area contributed by atoms with Crippen LogP contribution in [0.5, 0.6) is 11.5 Å². The zero-order chi connectivity index (χ0) is 12.1. The molecule has 2 N–H and O–H groups in total. The van der Waals surface area contributed by atoms with Gasteiger partial charge in [0, 0.05) is 12.1 Å². The van der Waals surface area contributed by atoms with Gasteiger partial charge in [-0.1, -0.05) is 12.2 Å². The van der Waals surface area contributed by atoms with Crippen LogP contribution in [-0.2, 0) is 0 Å². The largest absolute Gasteiger partial charge is 0.493 e. The van der Waals surface area contributed by atoms with Gasteiger partial charge >= 0.3 is 0 Å². The average molecular weight is 221 g/mol. The van der Waals surface area contributed by atoms with Crippen molar-refractivity contribution in [3.05, 3.63) is 28.8 Å².